The zero-order valence-corrected chi connectivity index (χ0v) is 19.7. The first-order valence-electron chi connectivity index (χ1n) is 11.7. The molecule has 35 heavy (non-hydrogen) atoms. The molecule has 5 rings (SSSR count). The number of hydrogen-bond donors (Lipinski definition) is 2. The Balaban J connectivity index is 1.42. The van der Waals surface area contributed by atoms with Crippen LogP contribution in [0, 0.1) is 0 Å². The predicted molar refractivity (Wildman–Crippen MR) is 127 cm³/mol. The van der Waals surface area contributed by atoms with Crippen molar-refractivity contribution >= 4 is 41.0 Å². The van der Waals surface area contributed by atoms with Crippen LogP contribution in [0.5, 0.6) is 0 Å². The summed E-state index contributed by atoms with van der Waals surface area (Å²) in [5, 5.41) is 2.50. The number of carbonyl (C=O) groups is 4. The lowest BCUT2D eigenvalue weighted by atomic mass is 9.90. The van der Waals surface area contributed by atoms with Gasteiger partial charge in [0.05, 0.1) is 23.5 Å². The van der Waals surface area contributed by atoms with Gasteiger partial charge >= 0.3 is 0 Å². The van der Waals surface area contributed by atoms with E-state index in [-0.39, 0.29) is 41.2 Å². The van der Waals surface area contributed by atoms with Crippen LogP contribution >= 0.6 is 11.6 Å². The molecule has 0 radical (unpaired) electrons. The van der Waals surface area contributed by atoms with Crippen LogP contribution in [0.1, 0.15) is 64.8 Å². The quantitative estimate of drug-likeness (QED) is 0.597. The Hall–Kier alpha value is -3.37. The second-order valence-electron chi connectivity index (χ2n) is 9.22. The summed E-state index contributed by atoms with van der Waals surface area (Å²) in [6.07, 6.45) is 6.91. The number of amides is 4. The van der Waals surface area contributed by atoms with E-state index in [1.807, 2.05) is 0 Å². The number of hydrogen-bond acceptors (Lipinski definition) is 8. The zero-order valence-electron chi connectivity index (χ0n) is 18.9. The van der Waals surface area contributed by atoms with Gasteiger partial charge in [-0.05, 0) is 49.8 Å². The number of fused-ring (bicyclic) bond motifs is 1. The Labute approximate surface area is 206 Å². The molecule has 4 amide bonds. The topological polar surface area (TPSA) is 139 Å². The lowest BCUT2D eigenvalue weighted by Gasteiger charge is -2.37. The largest absolute Gasteiger partial charge is 0.348 e. The van der Waals surface area contributed by atoms with Crippen LogP contribution < -0.4 is 16.0 Å². The normalized spacial score (nSPS) is 24.4. The van der Waals surface area contributed by atoms with Crippen LogP contribution in [0.15, 0.2) is 30.6 Å². The number of rotatable bonds is 5. The average Bonchev–Trinajstić information content (AvgIpc) is 3.08. The van der Waals surface area contributed by atoms with Gasteiger partial charge in [-0.3, -0.25) is 34.4 Å². The molecule has 10 nitrogen and oxygen atoms in total. The van der Waals surface area contributed by atoms with Crippen molar-refractivity contribution in [3.05, 3.63) is 52.4 Å². The molecule has 2 fully saturated rings. The summed E-state index contributed by atoms with van der Waals surface area (Å²) in [4.78, 5) is 61.7. The van der Waals surface area contributed by atoms with Gasteiger partial charge in [0.15, 0.2) is 0 Å². The number of piperidine rings is 1. The molecule has 1 aromatic heterocycles. The third-order valence-electron chi connectivity index (χ3n) is 6.93. The van der Waals surface area contributed by atoms with E-state index in [0.717, 1.165) is 36.1 Å². The molecule has 1 aromatic carbocycles. The minimum atomic E-state index is -0.992. The van der Waals surface area contributed by atoms with Crippen molar-refractivity contribution < 1.29 is 19.2 Å². The smallest absolute Gasteiger partial charge is 0.262 e. The Morgan fingerprint density at radius 2 is 1.77 bits per heavy atom. The van der Waals surface area contributed by atoms with Crippen LogP contribution in [0.4, 0.5) is 5.82 Å². The van der Waals surface area contributed by atoms with E-state index in [9.17, 15) is 19.2 Å². The summed E-state index contributed by atoms with van der Waals surface area (Å²) in [6.45, 7) is 0.433. The lowest BCUT2D eigenvalue weighted by molar-refractivity contribution is -0.136. The number of nitrogens with one attached hydrogen (secondary N) is 1. The maximum atomic E-state index is 13.2. The molecular weight excluding hydrogens is 472 g/mol. The van der Waals surface area contributed by atoms with Gasteiger partial charge in [0.2, 0.25) is 11.8 Å². The number of nitrogens with two attached hydrogens (primary N) is 1. The molecule has 3 N–H and O–H groups in total. The molecule has 182 valence electrons. The van der Waals surface area contributed by atoms with E-state index in [1.54, 1.807) is 24.4 Å². The molecule has 3 aliphatic rings. The molecule has 1 saturated heterocycles. The summed E-state index contributed by atoms with van der Waals surface area (Å²) in [6, 6.07) is 4.48. The Morgan fingerprint density at radius 3 is 2.49 bits per heavy atom. The van der Waals surface area contributed by atoms with E-state index in [2.05, 4.69) is 20.2 Å². The SMILES string of the molecule is NC1CCC(N(Cc2ccc3c(c2)C(=O)N(C2CCC(=O)NC2=O)C3=O)c2cncc(Cl)n2)CC1. The van der Waals surface area contributed by atoms with Gasteiger partial charge in [-0.15, -0.1) is 0 Å². The Bertz CT molecular complexity index is 1210. The molecule has 2 aromatic rings. The first kappa shape index (κ1) is 23.4. The molecular formula is C24H25ClN6O4. The van der Waals surface area contributed by atoms with Gasteiger partial charge in [0.1, 0.15) is 17.0 Å². The Morgan fingerprint density at radius 1 is 1.03 bits per heavy atom. The maximum Gasteiger partial charge on any atom is 0.262 e. The van der Waals surface area contributed by atoms with E-state index in [0.29, 0.717) is 12.4 Å². The predicted octanol–water partition coefficient (Wildman–Crippen LogP) is 1.81. The van der Waals surface area contributed by atoms with Crippen molar-refractivity contribution in [3.63, 3.8) is 0 Å². The minimum Gasteiger partial charge on any atom is -0.348 e. The maximum absolute atomic E-state index is 13.2. The summed E-state index contributed by atoms with van der Waals surface area (Å²) < 4.78 is 0. The number of nitrogens with zero attached hydrogens (tertiary/aromatic N) is 4. The first-order valence-corrected chi connectivity index (χ1v) is 12.0. The summed E-state index contributed by atoms with van der Waals surface area (Å²) >= 11 is 6.11. The van der Waals surface area contributed by atoms with E-state index in [4.69, 9.17) is 17.3 Å². The van der Waals surface area contributed by atoms with Gasteiger partial charge in [0, 0.05) is 25.0 Å². The second-order valence-corrected chi connectivity index (χ2v) is 9.61. The van der Waals surface area contributed by atoms with Crippen LogP contribution in [0.25, 0.3) is 0 Å². The van der Waals surface area contributed by atoms with Gasteiger partial charge in [-0.2, -0.15) is 0 Å². The average molecular weight is 497 g/mol. The van der Waals surface area contributed by atoms with Crippen LogP contribution in [0.2, 0.25) is 5.15 Å². The highest BCUT2D eigenvalue weighted by molar-refractivity contribution is 6.29. The number of benzene rings is 1. The second kappa shape index (κ2) is 9.35. The number of aromatic nitrogens is 2. The van der Waals surface area contributed by atoms with Gasteiger partial charge < -0.3 is 10.6 Å². The molecule has 11 heteroatoms. The number of imide groups is 2. The minimum absolute atomic E-state index is 0.0791. The highest BCUT2D eigenvalue weighted by Gasteiger charge is 2.44. The summed E-state index contributed by atoms with van der Waals surface area (Å²) in [5.74, 6) is -1.45. The van der Waals surface area contributed by atoms with Crippen molar-refractivity contribution in [2.24, 2.45) is 5.73 Å². The molecule has 2 aliphatic heterocycles. The third kappa shape index (κ3) is 4.51. The third-order valence-corrected chi connectivity index (χ3v) is 7.11. The van der Waals surface area contributed by atoms with Crippen molar-refractivity contribution in [1.82, 2.24) is 20.2 Å². The molecule has 1 aliphatic carbocycles. The highest BCUT2D eigenvalue weighted by atomic mass is 35.5. The number of carbonyl (C=O) groups excluding carboxylic acids is 4. The zero-order chi connectivity index (χ0) is 24.7. The standard InChI is InChI=1S/C24H25ClN6O4/c25-19-10-27-11-20(28-19)30(15-4-2-14(26)3-5-15)12-13-1-6-16-17(9-13)24(35)31(23(16)34)18-7-8-21(32)29-22(18)33/h1,6,9-11,14-15,18H,2-5,7-8,12,26H2,(H,29,32,33). The molecule has 3 heterocycles. The fraction of sp³-hybridized carbons (Fsp3) is 0.417. The summed E-state index contributed by atoms with van der Waals surface area (Å²) in [7, 11) is 0. The van der Waals surface area contributed by atoms with E-state index < -0.39 is 29.7 Å². The first-order chi connectivity index (χ1) is 16.8. The fourth-order valence-corrected chi connectivity index (χ4v) is 5.24. The van der Waals surface area contributed by atoms with Crippen LogP contribution in [-0.4, -0.2) is 56.6 Å². The Kier molecular flexibility index (Phi) is 6.24. The van der Waals surface area contributed by atoms with Crippen molar-refractivity contribution in [2.45, 2.75) is 63.2 Å². The molecule has 0 bridgehead atoms. The molecule has 0 spiro atoms. The summed E-state index contributed by atoms with van der Waals surface area (Å²) in [5.41, 5.74) is 7.42. The van der Waals surface area contributed by atoms with Crippen LogP contribution in [-0.2, 0) is 16.1 Å². The van der Waals surface area contributed by atoms with Crippen molar-refractivity contribution in [3.8, 4) is 0 Å². The van der Waals surface area contributed by atoms with Crippen LogP contribution in [0.3, 0.4) is 0 Å². The monoisotopic (exact) mass is 496 g/mol. The molecule has 1 atom stereocenters. The number of anilines is 1. The van der Waals surface area contributed by atoms with E-state index >= 15 is 0 Å². The van der Waals surface area contributed by atoms with Gasteiger partial charge in [-0.1, -0.05) is 17.7 Å². The van der Waals surface area contributed by atoms with Gasteiger partial charge in [-0.25, -0.2) is 4.98 Å². The molecule has 1 unspecified atom stereocenters. The van der Waals surface area contributed by atoms with Crippen molar-refractivity contribution in [2.75, 3.05) is 4.90 Å². The lowest BCUT2D eigenvalue weighted by Crippen LogP contribution is -2.54. The fourth-order valence-electron chi connectivity index (χ4n) is 5.09. The molecule has 1 saturated carbocycles. The highest BCUT2D eigenvalue weighted by Crippen LogP contribution is 2.31. The van der Waals surface area contributed by atoms with Crippen molar-refractivity contribution in [1.29, 1.82) is 0 Å². The number of halogens is 1. The van der Waals surface area contributed by atoms with Gasteiger partial charge in [0.25, 0.3) is 11.8 Å². The van der Waals surface area contributed by atoms with E-state index in [1.165, 1.54) is 6.20 Å².